The number of nitrogens with one attached hydrogen (secondary N) is 1. The molecular formula is C28H32N6O4. The molecule has 0 aliphatic carbocycles. The number of aromatic nitrogens is 2. The smallest absolute Gasteiger partial charge is 0.321 e. The first kappa shape index (κ1) is 25.4. The number of piperidine rings is 1. The number of benzene rings is 2. The monoisotopic (exact) mass is 516 g/mol. The molecule has 2 aromatic carbocycles. The van der Waals surface area contributed by atoms with Gasteiger partial charge in [-0.2, -0.15) is 5.10 Å². The van der Waals surface area contributed by atoms with Crippen LogP contribution in [0.4, 0.5) is 16.2 Å². The predicted molar refractivity (Wildman–Crippen MR) is 144 cm³/mol. The highest BCUT2D eigenvalue weighted by molar-refractivity contribution is 5.90. The van der Waals surface area contributed by atoms with Gasteiger partial charge in [-0.25, -0.2) is 4.79 Å². The van der Waals surface area contributed by atoms with Crippen LogP contribution in [0.15, 0.2) is 54.7 Å². The predicted octanol–water partition coefficient (Wildman–Crippen LogP) is 4.62. The number of nitrogens with zero attached hydrogens (tertiary/aromatic N) is 5. The number of non-ortho nitro benzene ring substituents is 1. The second-order valence-corrected chi connectivity index (χ2v) is 10.5. The van der Waals surface area contributed by atoms with Gasteiger partial charge < -0.3 is 15.1 Å². The number of urea groups is 1. The van der Waals surface area contributed by atoms with Crippen molar-refractivity contribution >= 4 is 23.3 Å². The molecule has 0 unspecified atom stereocenters. The van der Waals surface area contributed by atoms with Crippen molar-refractivity contribution in [2.75, 3.05) is 31.5 Å². The van der Waals surface area contributed by atoms with Crippen molar-refractivity contribution in [3.8, 4) is 11.3 Å². The summed E-state index contributed by atoms with van der Waals surface area (Å²) < 4.78 is 1.58. The Hall–Kier alpha value is -4.21. The Morgan fingerprint density at radius 2 is 1.76 bits per heavy atom. The number of rotatable bonds is 5. The van der Waals surface area contributed by atoms with Crippen LogP contribution in [0.5, 0.6) is 0 Å². The third-order valence-corrected chi connectivity index (χ3v) is 7.82. The summed E-state index contributed by atoms with van der Waals surface area (Å²) in [4.78, 5) is 40.3. The number of amides is 3. The van der Waals surface area contributed by atoms with Gasteiger partial charge in [0.15, 0.2) is 0 Å². The zero-order valence-electron chi connectivity index (χ0n) is 21.7. The van der Waals surface area contributed by atoms with Gasteiger partial charge in [-0.05, 0) is 56.2 Å². The zero-order valence-corrected chi connectivity index (χ0v) is 21.7. The van der Waals surface area contributed by atoms with Crippen molar-refractivity contribution in [2.45, 2.75) is 39.7 Å². The molecular weight excluding hydrogens is 484 g/mol. The van der Waals surface area contributed by atoms with Crippen molar-refractivity contribution < 1.29 is 14.5 Å². The minimum absolute atomic E-state index is 0.00397. The molecule has 2 saturated heterocycles. The number of nitro groups is 1. The summed E-state index contributed by atoms with van der Waals surface area (Å²) in [7, 11) is 0. The Morgan fingerprint density at radius 1 is 1.03 bits per heavy atom. The van der Waals surface area contributed by atoms with Crippen LogP contribution in [0.25, 0.3) is 11.3 Å². The highest BCUT2D eigenvalue weighted by Gasteiger charge is 2.42. The van der Waals surface area contributed by atoms with Crippen LogP contribution in [-0.4, -0.2) is 62.6 Å². The summed E-state index contributed by atoms with van der Waals surface area (Å²) >= 11 is 0. The van der Waals surface area contributed by atoms with Gasteiger partial charge in [0.25, 0.3) is 5.69 Å². The highest BCUT2D eigenvalue weighted by atomic mass is 16.6. The highest BCUT2D eigenvalue weighted by Crippen LogP contribution is 2.40. The van der Waals surface area contributed by atoms with Gasteiger partial charge in [-0.15, -0.1) is 0 Å². The van der Waals surface area contributed by atoms with E-state index in [1.54, 1.807) is 29.1 Å². The maximum Gasteiger partial charge on any atom is 0.321 e. The van der Waals surface area contributed by atoms with Crippen LogP contribution in [0.1, 0.15) is 30.4 Å². The number of carbonyl (C=O) groups is 2. The Morgan fingerprint density at radius 3 is 2.47 bits per heavy atom. The first-order valence-electron chi connectivity index (χ1n) is 12.9. The van der Waals surface area contributed by atoms with Crippen molar-refractivity contribution in [1.82, 2.24) is 19.6 Å². The summed E-state index contributed by atoms with van der Waals surface area (Å²) in [5.41, 5.74) is 4.33. The number of likely N-dealkylation sites (tertiary alicyclic amines) is 2. The zero-order chi connectivity index (χ0) is 26.9. The summed E-state index contributed by atoms with van der Waals surface area (Å²) in [6.45, 7) is 6.88. The van der Waals surface area contributed by atoms with E-state index >= 15 is 0 Å². The molecule has 3 heterocycles. The first-order valence-corrected chi connectivity index (χ1v) is 12.9. The number of anilines is 1. The Balaban J connectivity index is 1.14. The van der Waals surface area contributed by atoms with Crippen molar-refractivity contribution in [1.29, 1.82) is 0 Å². The van der Waals surface area contributed by atoms with Gasteiger partial charge in [-0.1, -0.05) is 29.8 Å². The Kier molecular flexibility index (Phi) is 6.88. The maximum atomic E-state index is 13.1. The lowest BCUT2D eigenvalue weighted by molar-refractivity contribution is -0.384. The molecule has 1 N–H and O–H groups in total. The van der Waals surface area contributed by atoms with Gasteiger partial charge >= 0.3 is 6.03 Å². The topological polar surface area (TPSA) is 114 Å². The quantitative estimate of drug-likeness (QED) is 0.393. The number of aryl methyl sites for hydroxylation is 2. The molecule has 5 rings (SSSR count). The number of hydrogen-bond acceptors (Lipinski definition) is 5. The molecule has 10 heteroatoms. The number of carbonyl (C=O) groups excluding carboxylic acids is 2. The summed E-state index contributed by atoms with van der Waals surface area (Å²) in [6.07, 6.45) is 4.40. The summed E-state index contributed by atoms with van der Waals surface area (Å²) in [6, 6.07) is 14.0. The molecule has 198 valence electrons. The molecule has 2 aliphatic rings. The van der Waals surface area contributed by atoms with Crippen LogP contribution in [0.2, 0.25) is 0 Å². The molecule has 1 aromatic heterocycles. The van der Waals surface area contributed by atoms with Crippen molar-refractivity contribution in [3.05, 3.63) is 76.0 Å². The van der Waals surface area contributed by atoms with E-state index < -0.39 is 4.92 Å². The molecule has 2 aliphatic heterocycles. The molecule has 0 radical (unpaired) electrons. The van der Waals surface area contributed by atoms with Crippen LogP contribution >= 0.6 is 0 Å². The summed E-state index contributed by atoms with van der Waals surface area (Å²) in [5, 5.41) is 18.6. The minimum Gasteiger partial charge on any atom is -0.341 e. The van der Waals surface area contributed by atoms with E-state index in [4.69, 9.17) is 0 Å². The van der Waals surface area contributed by atoms with Gasteiger partial charge in [0.05, 0.1) is 10.6 Å². The molecule has 10 nitrogen and oxygen atoms in total. The third-order valence-electron chi connectivity index (χ3n) is 7.82. The van der Waals surface area contributed by atoms with Gasteiger partial charge in [-0.3, -0.25) is 19.6 Å². The standard InChI is InChI=1S/C28H32N6O4/c1-20-6-7-24(21(2)16-20)29-27(36)31-13-9-28(10-14-31)11-15-32(19-28)26(35)18-33-12-8-25(30-33)22-4-3-5-23(17-22)34(37)38/h3-8,12,16-17H,9-11,13-15,18-19H2,1-2H3,(H,29,36). The van der Waals surface area contributed by atoms with E-state index in [1.807, 2.05) is 35.8 Å². The van der Waals surface area contributed by atoms with Gasteiger partial charge in [0.1, 0.15) is 6.54 Å². The van der Waals surface area contributed by atoms with E-state index in [0.717, 1.165) is 36.1 Å². The van der Waals surface area contributed by atoms with Gasteiger partial charge in [0, 0.05) is 55.8 Å². The molecule has 3 amide bonds. The lowest BCUT2D eigenvalue weighted by atomic mass is 9.78. The molecule has 3 aromatic rings. The lowest BCUT2D eigenvalue weighted by Gasteiger charge is -2.39. The normalized spacial score (nSPS) is 16.6. The molecule has 1 spiro atoms. The average Bonchev–Trinajstić information content (AvgIpc) is 3.54. The van der Waals surface area contributed by atoms with E-state index in [-0.39, 0.29) is 29.6 Å². The Bertz CT molecular complexity index is 1380. The van der Waals surface area contributed by atoms with E-state index in [2.05, 4.69) is 16.5 Å². The largest absolute Gasteiger partial charge is 0.341 e. The van der Waals surface area contributed by atoms with Crippen LogP contribution in [-0.2, 0) is 11.3 Å². The Labute approximate surface area is 221 Å². The van der Waals surface area contributed by atoms with Crippen LogP contribution in [0.3, 0.4) is 0 Å². The van der Waals surface area contributed by atoms with Crippen LogP contribution in [0, 0.1) is 29.4 Å². The lowest BCUT2D eigenvalue weighted by Crippen LogP contribution is -2.46. The fraction of sp³-hybridized carbons (Fsp3) is 0.393. The second kappa shape index (κ2) is 10.3. The maximum absolute atomic E-state index is 13.1. The van der Waals surface area contributed by atoms with Gasteiger partial charge in [0.2, 0.25) is 5.91 Å². The third kappa shape index (κ3) is 5.39. The minimum atomic E-state index is -0.435. The molecule has 0 bridgehead atoms. The molecule has 38 heavy (non-hydrogen) atoms. The second-order valence-electron chi connectivity index (χ2n) is 10.5. The van der Waals surface area contributed by atoms with E-state index in [1.165, 1.54) is 12.1 Å². The fourth-order valence-electron chi connectivity index (χ4n) is 5.51. The summed E-state index contributed by atoms with van der Waals surface area (Å²) in [5.74, 6) is 0.00517. The van der Waals surface area contributed by atoms with E-state index in [9.17, 15) is 19.7 Å². The SMILES string of the molecule is Cc1ccc(NC(=O)N2CCC3(CCN(C(=O)Cn4ccc(-c5cccc([N+](=O)[O-])c5)n4)C3)CC2)c(C)c1. The number of hydrogen-bond donors (Lipinski definition) is 1. The molecule has 2 fully saturated rings. The average molecular weight is 517 g/mol. The van der Waals surface area contributed by atoms with Crippen molar-refractivity contribution in [3.63, 3.8) is 0 Å². The van der Waals surface area contributed by atoms with Crippen LogP contribution < -0.4 is 5.32 Å². The van der Waals surface area contributed by atoms with Crippen molar-refractivity contribution in [2.24, 2.45) is 5.41 Å². The van der Waals surface area contributed by atoms with E-state index in [0.29, 0.717) is 37.4 Å². The molecule has 0 atom stereocenters. The fourth-order valence-corrected chi connectivity index (χ4v) is 5.51. The number of nitro benzene ring substituents is 1. The first-order chi connectivity index (χ1) is 18.2. The molecule has 0 saturated carbocycles.